The van der Waals surface area contributed by atoms with Crippen LogP contribution in [0.4, 0.5) is 5.69 Å². The summed E-state index contributed by atoms with van der Waals surface area (Å²) in [6.07, 6.45) is 0.362. The first-order chi connectivity index (χ1) is 6.15. The molecule has 0 fully saturated rings. The van der Waals surface area contributed by atoms with Gasteiger partial charge in [-0.2, -0.15) is 0 Å². The number of nitrogen functional groups attached to an aromatic ring is 1. The maximum Gasteiger partial charge on any atom is 0.165 e. The molecule has 70 valence electrons. The first kappa shape index (κ1) is 10.8. The average Bonchev–Trinajstić information content (AvgIpc) is 2.09. The molecule has 0 saturated heterocycles. The number of benzene rings is 1. The SMILES string of the molecule is Nc1ccc(I)c(C(=O)CCCl)c1. The Morgan fingerprint density at radius 2 is 2.23 bits per heavy atom. The van der Waals surface area contributed by atoms with E-state index < -0.39 is 0 Å². The molecule has 0 aliphatic carbocycles. The summed E-state index contributed by atoms with van der Waals surface area (Å²) in [6.45, 7) is 0. The molecule has 2 N–H and O–H groups in total. The van der Waals surface area contributed by atoms with Crippen molar-refractivity contribution in [3.63, 3.8) is 0 Å². The van der Waals surface area contributed by atoms with Crippen molar-refractivity contribution in [1.82, 2.24) is 0 Å². The number of rotatable bonds is 3. The number of halogens is 2. The minimum absolute atomic E-state index is 0.0479. The number of nitrogens with two attached hydrogens (primary N) is 1. The molecule has 0 bridgehead atoms. The highest BCUT2D eigenvalue weighted by Crippen LogP contribution is 2.17. The van der Waals surface area contributed by atoms with Gasteiger partial charge < -0.3 is 5.73 Å². The van der Waals surface area contributed by atoms with E-state index in [9.17, 15) is 4.79 Å². The largest absolute Gasteiger partial charge is 0.399 e. The van der Waals surface area contributed by atoms with E-state index in [4.69, 9.17) is 17.3 Å². The van der Waals surface area contributed by atoms with Crippen molar-refractivity contribution in [3.8, 4) is 0 Å². The van der Waals surface area contributed by atoms with E-state index in [-0.39, 0.29) is 5.78 Å². The monoisotopic (exact) mass is 309 g/mol. The van der Waals surface area contributed by atoms with Crippen molar-refractivity contribution in [2.75, 3.05) is 11.6 Å². The molecule has 4 heteroatoms. The van der Waals surface area contributed by atoms with E-state index in [0.717, 1.165) is 3.57 Å². The van der Waals surface area contributed by atoms with Gasteiger partial charge in [0.2, 0.25) is 0 Å². The Kier molecular flexibility index (Phi) is 3.99. The molecule has 0 radical (unpaired) electrons. The summed E-state index contributed by atoms with van der Waals surface area (Å²) in [5.74, 6) is 0.399. The van der Waals surface area contributed by atoms with Gasteiger partial charge in [0.15, 0.2) is 5.78 Å². The number of ketones is 1. The molecule has 0 heterocycles. The van der Waals surface area contributed by atoms with Crippen LogP contribution in [0.5, 0.6) is 0 Å². The second kappa shape index (κ2) is 4.81. The molecular formula is C9H9ClINO. The Hall–Kier alpha value is -0.290. The van der Waals surface area contributed by atoms with Gasteiger partial charge in [-0.15, -0.1) is 11.6 Å². The normalized spacial score (nSPS) is 10.0. The standard InChI is InChI=1S/C9H9ClINO/c10-4-3-9(13)7-5-6(12)1-2-8(7)11/h1-2,5H,3-4,12H2. The van der Waals surface area contributed by atoms with Crippen LogP contribution in [0.2, 0.25) is 0 Å². The maximum atomic E-state index is 11.5. The van der Waals surface area contributed by atoms with Gasteiger partial charge in [0, 0.05) is 27.1 Å². The van der Waals surface area contributed by atoms with E-state index in [1.165, 1.54) is 0 Å². The minimum atomic E-state index is 0.0479. The van der Waals surface area contributed by atoms with Gasteiger partial charge >= 0.3 is 0 Å². The number of Topliss-reactive ketones (excluding diaryl/α,β-unsaturated/α-hetero) is 1. The molecule has 0 atom stereocenters. The van der Waals surface area contributed by atoms with Crippen LogP contribution in [0.1, 0.15) is 16.8 Å². The molecule has 0 aliphatic rings. The molecule has 0 saturated carbocycles. The molecule has 0 spiro atoms. The summed E-state index contributed by atoms with van der Waals surface area (Å²) in [6, 6.07) is 5.30. The summed E-state index contributed by atoms with van der Waals surface area (Å²) >= 11 is 7.60. The van der Waals surface area contributed by atoms with E-state index in [1.54, 1.807) is 12.1 Å². The van der Waals surface area contributed by atoms with Crippen molar-refractivity contribution in [3.05, 3.63) is 27.3 Å². The van der Waals surface area contributed by atoms with Gasteiger partial charge in [-0.25, -0.2) is 0 Å². The van der Waals surface area contributed by atoms with Crippen molar-refractivity contribution >= 4 is 45.7 Å². The van der Waals surface area contributed by atoms with Gasteiger partial charge in [-0.3, -0.25) is 4.79 Å². The summed E-state index contributed by atoms with van der Waals surface area (Å²) in [5, 5.41) is 0. The molecule has 13 heavy (non-hydrogen) atoms. The van der Waals surface area contributed by atoms with Crippen LogP contribution in [0.25, 0.3) is 0 Å². The fourth-order valence-corrected chi connectivity index (χ4v) is 1.78. The summed E-state index contributed by atoms with van der Waals surface area (Å²) in [7, 11) is 0. The molecule has 0 unspecified atom stereocenters. The molecule has 0 amide bonds. The van der Waals surface area contributed by atoms with Gasteiger partial charge in [0.05, 0.1) is 0 Å². The Morgan fingerprint density at radius 3 is 2.85 bits per heavy atom. The number of anilines is 1. The lowest BCUT2D eigenvalue weighted by Crippen LogP contribution is -2.03. The fraction of sp³-hybridized carbons (Fsp3) is 0.222. The van der Waals surface area contributed by atoms with E-state index >= 15 is 0 Å². The van der Waals surface area contributed by atoms with Crippen LogP contribution in [-0.4, -0.2) is 11.7 Å². The zero-order chi connectivity index (χ0) is 9.84. The highest BCUT2D eigenvalue weighted by Gasteiger charge is 2.09. The number of hydrogen-bond acceptors (Lipinski definition) is 2. The van der Waals surface area contributed by atoms with E-state index in [1.807, 2.05) is 6.07 Å². The molecule has 1 rings (SSSR count). The van der Waals surface area contributed by atoms with Gasteiger partial charge in [-0.1, -0.05) is 0 Å². The molecule has 2 nitrogen and oxygen atoms in total. The third-order valence-corrected chi connectivity index (χ3v) is 2.74. The Morgan fingerprint density at radius 1 is 1.54 bits per heavy atom. The predicted molar refractivity (Wildman–Crippen MR) is 63.2 cm³/mol. The zero-order valence-electron chi connectivity index (χ0n) is 6.89. The minimum Gasteiger partial charge on any atom is -0.399 e. The third-order valence-electron chi connectivity index (χ3n) is 1.61. The van der Waals surface area contributed by atoms with Crippen molar-refractivity contribution in [1.29, 1.82) is 0 Å². The summed E-state index contributed by atoms with van der Waals surface area (Å²) in [5.41, 5.74) is 6.85. The third kappa shape index (κ3) is 2.84. The fourth-order valence-electron chi connectivity index (χ4n) is 0.977. The second-order valence-corrected chi connectivity index (χ2v) is 4.14. The molecular weight excluding hydrogens is 300 g/mol. The first-order valence-corrected chi connectivity index (χ1v) is 5.40. The number of carbonyl (C=O) groups is 1. The van der Waals surface area contributed by atoms with E-state index in [0.29, 0.717) is 23.6 Å². The number of hydrogen-bond donors (Lipinski definition) is 1. The quantitative estimate of drug-likeness (QED) is 0.404. The molecule has 0 aliphatic heterocycles. The number of carbonyl (C=O) groups excluding carboxylic acids is 1. The lowest BCUT2D eigenvalue weighted by atomic mass is 10.1. The summed E-state index contributed by atoms with van der Waals surface area (Å²) in [4.78, 5) is 11.5. The lowest BCUT2D eigenvalue weighted by Gasteiger charge is -2.03. The lowest BCUT2D eigenvalue weighted by molar-refractivity contribution is 0.0988. The van der Waals surface area contributed by atoms with Crippen LogP contribution in [0, 0.1) is 3.57 Å². The Labute approximate surface area is 95.6 Å². The zero-order valence-corrected chi connectivity index (χ0v) is 9.80. The second-order valence-electron chi connectivity index (χ2n) is 2.60. The summed E-state index contributed by atoms with van der Waals surface area (Å²) < 4.78 is 0.918. The van der Waals surface area contributed by atoms with Crippen LogP contribution in [0.15, 0.2) is 18.2 Å². The maximum absolute atomic E-state index is 11.5. The predicted octanol–water partition coefficient (Wildman–Crippen LogP) is 2.69. The smallest absolute Gasteiger partial charge is 0.165 e. The van der Waals surface area contributed by atoms with Gasteiger partial charge in [-0.05, 0) is 40.8 Å². The van der Waals surface area contributed by atoms with Crippen LogP contribution >= 0.6 is 34.2 Å². The highest BCUT2D eigenvalue weighted by atomic mass is 127. The van der Waals surface area contributed by atoms with Crippen molar-refractivity contribution in [2.45, 2.75) is 6.42 Å². The van der Waals surface area contributed by atoms with Gasteiger partial charge in [0.25, 0.3) is 0 Å². The first-order valence-electron chi connectivity index (χ1n) is 3.79. The van der Waals surface area contributed by atoms with Crippen LogP contribution in [0.3, 0.4) is 0 Å². The Bertz CT molecular complexity index is 327. The molecule has 1 aromatic rings. The highest BCUT2D eigenvalue weighted by molar-refractivity contribution is 14.1. The molecule has 1 aromatic carbocycles. The Balaban J connectivity index is 2.99. The van der Waals surface area contributed by atoms with Crippen molar-refractivity contribution < 1.29 is 4.79 Å². The van der Waals surface area contributed by atoms with E-state index in [2.05, 4.69) is 22.6 Å². The van der Waals surface area contributed by atoms with Crippen molar-refractivity contribution in [2.24, 2.45) is 0 Å². The number of alkyl halides is 1. The molecule has 0 aromatic heterocycles. The average molecular weight is 310 g/mol. The van der Waals surface area contributed by atoms with Gasteiger partial charge in [0.1, 0.15) is 0 Å². The van der Waals surface area contributed by atoms with Crippen LogP contribution in [-0.2, 0) is 0 Å². The topological polar surface area (TPSA) is 43.1 Å². The van der Waals surface area contributed by atoms with Crippen LogP contribution < -0.4 is 5.73 Å².